The molecule has 1 N–H and O–H groups in total. The average molecular weight is 428 g/mol. The van der Waals surface area contributed by atoms with Gasteiger partial charge in [-0.2, -0.15) is 5.10 Å². The zero-order valence-electron chi connectivity index (χ0n) is 16.2. The van der Waals surface area contributed by atoms with Crippen LogP contribution in [0.15, 0.2) is 53.6 Å². The summed E-state index contributed by atoms with van der Waals surface area (Å²) >= 11 is 6.00. The summed E-state index contributed by atoms with van der Waals surface area (Å²) in [4.78, 5) is 40.7. The minimum Gasteiger partial charge on any atom is -0.497 e. The topological polar surface area (TPSA) is 97.3 Å². The van der Waals surface area contributed by atoms with E-state index in [-0.39, 0.29) is 12.3 Å². The molecule has 154 valence electrons. The highest BCUT2D eigenvalue weighted by atomic mass is 35.5. The molecule has 2 aromatic carbocycles. The monoisotopic (exact) mass is 427 g/mol. The molecule has 2 amide bonds. The van der Waals surface area contributed by atoms with Crippen LogP contribution >= 0.6 is 11.6 Å². The summed E-state index contributed by atoms with van der Waals surface area (Å²) < 4.78 is 10.3. The molecule has 2 aromatic rings. The van der Waals surface area contributed by atoms with E-state index in [0.29, 0.717) is 22.0 Å². The van der Waals surface area contributed by atoms with Gasteiger partial charge in [0.25, 0.3) is 5.91 Å². The van der Waals surface area contributed by atoms with Crippen LogP contribution in [0.25, 0.3) is 0 Å². The highest BCUT2D eigenvalue weighted by molar-refractivity contribution is 6.47. The van der Waals surface area contributed by atoms with E-state index in [1.54, 1.807) is 55.5 Å². The molecule has 0 bridgehead atoms. The fraction of sp³-hybridized carbons (Fsp3) is 0.238. The number of anilines is 1. The maximum absolute atomic E-state index is 13.7. The Balaban J connectivity index is 1.86. The van der Waals surface area contributed by atoms with Crippen LogP contribution in [-0.4, -0.2) is 37.2 Å². The predicted molar refractivity (Wildman–Crippen MR) is 109 cm³/mol. The van der Waals surface area contributed by atoms with E-state index in [1.165, 1.54) is 7.11 Å². The van der Waals surface area contributed by atoms with Gasteiger partial charge in [0.2, 0.25) is 5.91 Å². The van der Waals surface area contributed by atoms with Crippen molar-refractivity contribution < 1.29 is 23.9 Å². The molecule has 1 fully saturated rings. The first-order valence-corrected chi connectivity index (χ1v) is 9.62. The zero-order chi connectivity index (χ0) is 21.5. The van der Waals surface area contributed by atoms with E-state index in [1.807, 2.05) is 0 Å². The Kier molecular flexibility index (Phi) is 4.95. The van der Waals surface area contributed by atoms with Gasteiger partial charge in [-0.15, -0.1) is 0 Å². The molecule has 9 heteroatoms. The van der Waals surface area contributed by atoms with E-state index >= 15 is 0 Å². The number of hydrogen-bond acceptors (Lipinski definition) is 7. The summed E-state index contributed by atoms with van der Waals surface area (Å²) in [5.41, 5.74) is 1.84. The summed E-state index contributed by atoms with van der Waals surface area (Å²) in [7, 11) is 1.49. The molecule has 0 saturated carbocycles. The molecular weight excluding hydrogens is 410 g/mol. The summed E-state index contributed by atoms with van der Waals surface area (Å²) in [6.07, 6.45) is 0. The number of carbonyl (C=O) groups is 3. The van der Waals surface area contributed by atoms with Crippen LogP contribution in [0, 0.1) is 5.92 Å². The second-order valence-corrected chi connectivity index (χ2v) is 7.19. The van der Waals surface area contributed by atoms with E-state index in [9.17, 15) is 14.4 Å². The number of hydrogen-bond donors (Lipinski definition) is 1. The molecule has 2 aliphatic rings. The highest BCUT2D eigenvalue weighted by Crippen LogP contribution is 2.45. The summed E-state index contributed by atoms with van der Waals surface area (Å²) in [5.74, 6) is -2.59. The van der Waals surface area contributed by atoms with Gasteiger partial charge < -0.3 is 9.47 Å². The molecule has 0 aromatic heterocycles. The third kappa shape index (κ3) is 2.83. The second kappa shape index (κ2) is 7.46. The first-order chi connectivity index (χ1) is 14.4. The van der Waals surface area contributed by atoms with Crippen LogP contribution in [0.2, 0.25) is 5.02 Å². The normalized spacial score (nSPS) is 22.4. The number of imide groups is 1. The smallest absolute Gasteiger partial charge is 0.355 e. The quantitative estimate of drug-likeness (QED) is 0.580. The number of fused-ring (bicyclic) bond motifs is 1. The third-order valence-electron chi connectivity index (χ3n) is 5.16. The maximum Gasteiger partial charge on any atom is 0.355 e. The molecule has 2 atom stereocenters. The van der Waals surface area contributed by atoms with Crippen LogP contribution < -0.4 is 15.1 Å². The van der Waals surface area contributed by atoms with Gasteiger partial charge in [0.15, 0.2) is 11.3 Å². The lowest BCUT2D eigenvalue weighted by atomic mass is 9.79. The molecule has 0 aliphatic carbocycles. The SMILES string of the molecule is CCOC(=O)C1=NN[C@]2(c3ccc(Cl)cc3)C(=O)N(c3cccc(OC)c3)C(=O)[C@H]12. The molecule has 2 heterocycles. The van der Waals surface area contributed by atoms with Crippen LogP contribution in [-0.2, 0) is 24.7 Å². The van der Waals surface area contributed by atoms with Crippen molar-refractivity contribution in [3.8, 4) is 5.75 Å². The van der Waals surface area contributed by atoms with Crippen molar-refractivity contribution in [3.63, 3.8) is 0 Å². The number of rotatable bonds is 5. The van der Waals surface area contributed by atoms with Crippen LogP contribution in [0.4, 0.5) is 5.69 Å². The summed E-state index contributed by atoms with van der Waals surface area (Å²) in [6.45, 7) is 1.76. The number of methoxy groups -OCH3 is 1. The number of nitrogens with one attached hydrogen (secondary N) is 1. The number of carbonyl (C=O) groups excluding carboxylic acids is 3. The van der Waals surface area contributed by atoms with Gasteiger partial charge in [-0.1, -0.05) is 29.8 Å². The highest BCUT2D eigenvalue weighted by Gasteiger charge is 2.67. The van der Waals surface area contributed by atoms with Crippen LogP contribution in [0.5, 0.6) is 5.75 Å². The molecule has 30 heavy (non-hydrogen) atoms. The minimum atomic E-state index is -1.58. The van der Waals surface area contributed by atoms with Crippen LogP contribution in [0.1, 0.15) is 12.5 Å². The van der Waals surface area contributed by atoms with E-state index in [2.05, 4.69) is 10.5 Å². The Morgan fingerprint density at radius 1 is 1.23 bits per heavy atom. The Labute approximate surface area is 177 Å². The summed E-state index contributed by atoms with van der Waals surface area (Å²) in [6, 6.07) is 13.1. The molecule has 0 radical (unpaired) electrons. The lowest BCUT2D eigenvalue weighted by Crippen LogP contribution is -2.48. The third-order valence-corrected chi connectivity index (χ3v) is 5.41. The average Bonchev–Trinajstić information content (AvgIpc) is 3.25. The standard InChI is InChI=1S/C21H18ClN3O5/c1-3-30-19(27)17-16-18(26)25(14-5-4-6-15(11-14)29-2)20(28)21(16,24-23-17)12-7-9-13(22)10-8-12/h4-11,16,24H,3H2,1-2H3/t16-,21-/m0/s1. The number of ether oxygens (including phenoxy) is 2. The molecular formula is C21H18ClN3O5. The van der Waals surface area contributed by atoms with E-state index in [0.717, 1.165) is 4.90 Å². The first-order valence-electron chi connectivity index (χ1n) is 9.24. The van der Waals surface area contributed by atoms with Crippen LogP contribution in [0.3, 0.4) is 0 Å². The van der Waals surface area contributed by atoms with Gasteiger partial charge in [-0.3, -0.25) is 15.0 Å². The zero-order valence-corrected chi connectivity index (χ0v) is 17.0. The van der Waals surface area contributed by atoms with Crippen molar-refractivity contribution in [2.75, 3.05) is 18.6 Å². The molecule has 4 rings (SSSR count). The van der Waals surface area contributed by atoms with E-state index in [4.69, 9.17) is 21.1 Å². The molecule has 8 nitrogen and oxygen atoms in total. The Morgan fingerprint density at radius 2 is 1.97 bits per heavy atom. The summed E-state index contributed by atoms with van der Waals surface area (Å²) in [5, 5.41) is 4.51. The van der Waals surface area contributed by atoms with Crippen molar-refractivity contribution in [3.05, 3.63) is 59.1 Å². The van der Waals surface area contributed by atoms with Crippen molar-refractivity contribution in [1.82, 2.24) is 5.43 Å². The number of halogens is 1. The number of benzene rings is 2. The molecule has 2 aliphatic heterocycles. The van der Waals surface area contributed by atoms with E-state index < -0.39 is 29.2 Å². The predicted octanol–water partition coefficient (Wildman–Crippen LogP) is 2.26. The molecule has 1 saturated heterocycles. The fourth-order valence-corrected chi connectivity index (χ4v) is 3.92. The van der Waals surface area contributed by atoms with Gasteiger partial charge in [0, 0.05) is 11.1 Å². The Hall–Kier alpha value is -3.39. The largest absolute Gasteiger partial charge is 0.497 e. The second-order valence-electron chi connectivity index (χ2n) is 6.76. The Bertz CT molecular complexity index is 1070. The van der Waals surface area contributed by atoms with Crippen molar-refractivity contribution in [2.24, 2.45) is 11.0 Å². The van der Waals surface area contributed by atoms with Gasteiger partial charge in [-0.05, 0) is 36.8 Å². The number of hydrazone groups is 1. The lowest BCUT2D eigenvalue weighted by Gasteiger charge is -2.26. The number of amides is 2. The maximum atomic E-state index is 13.7. The minimum absolute atomic E-state index is 0.111. The van der Waals surface area contributed by atoms with Crippen molar-refractivity contribution in [2.45, 2.75) is 12.5 Å². The Morgan fingerprint density at radius 3 is 2.63 bits per heavy atom. The molecule has 0 unspecified atom stereocenters. The lowest BCUT2D eigenvalue weighted by molar-refractivity contribution is -0.136. The van der Waals surface area contributed by atoms with Gasteiger partial charge in [-0.25, -0.2) is 9.69 Å². The van der Waals surface area contributed by atoms with Gasteiger partial charge in [0.1, 0.15) is 11.7 Å². The van der Waals surface area contributed by atoms with Gasteiger partial charge in [0.05, 0.1) is 19.4 Å². The number of nitrogens with zero attached hydrogens (tertiary/aromatic N) is 2. The number of esters is 1. The van der Waals surface area contributed by atoms with Crippen molar-refractivity contribution >= 4 is 40.8 Å². The van der Waals surface area contributed by atoms with Gasteiger partial charge >= 0.3 is 5.97 Å². The first kappa shape index (κ1) is 19.9. The fourth-order valence-electron chi connectivity index (χ4n) is 3.79. The molecule has 0 spiro atoms. The van der Waals surface area contributed by atoms with Crippen molar-refractivity contribution in [1.29, 1.82) is 0 Å².